The van der Waals surface area contributed by atoms with Crippen LogP contribution in [0.5, 0.6) is 0 Å². The Balaban J connectivity index is 1.52. The Hall–Kier alpha value is -3.19. The Bertz CT molecular complexity index is 1020. The summed E-state index contributed by atoms with van der Waals surface area (Å²) in [7, 11) is 0. The first kappa shape index (κ1) is 20.1. The third-order valence-corrected chi connectivity index (χ3v) is 5.72. The van der Waals surface area contributed by atoms with Gasteiger partial charge in [-0.25, -0.2) is 9.97 Å². The van der Waals surface area contributed by atoms with Gasteiger partial charge in [-0.1, -0.05) is 54.1 Å². The molecular weight excluding hydrogens is 402 g/mol. The Morgan fingerprint density at radius 2 is 1.77 bits per heavy atom. The van der Waals surface area contributed by atoms with Crippen molar-refractivity contribution in [2.75, 3.05) is 23.3 Å². The van der Waals surface area contributed by atoms with E-state index in [4.69, 9.17) is 11.6 Å². The average molecular weight is 424 g/mol. The highest BCUT2D eigenvalue weighted by Gasteiger charge is 2.30. The fourth-order valence-corrected chi connectivity index (χ4v) is 4.03. The number of halogens is 1. The van der Waals surface area contributed by atoms with Crippen LogP contribution in [0.4, 0.5) is 23.0 Å². The van der Waals surface area contributed by atoms with Crippen LogP contribution in [0, 0.1) is 16.0 Å². The Morgan fingerprint density at radius 1 is 1.07 bits per heavy atom. The molecule has 2 aromatic carbocycles. The number of piperidine rings is 1. The van der Waals surface area contributed by atoms with E-state index in [2.05, 4.69) is 39.6 Å². The summed E-state index contributed by atoms with van der Waals surface area (Å²) in [5, 5.41) is 15.3. The van der Waals surface area contributed by atoms with E-state index in [0.717, 1.165) is 32.4 Å². The maximum atomic E-state index is 11.9. The van der Waals surface area contributed by atoms with E-state index >= 15 is 0 Å². The van der Waals surface area contributed by atoms with Crippen LogP contribution in [0.3, 0.4) is 0 Å². The second-order valence-corrected chi connectivity index (χ2v) is 7.78. The lowest BCUT2D eigenvalue weighted by Crippen LogP contribution is -2.35. The van der Waals surface area contributed by atoms with E-state index in [0.29, 0.717) is 22.4 Å². The lowest BCUT2D eigenvalue weighted by molar-refractivity contribution is -0.383. The molecule has 0 radical (unpaired) electrons. The second-order valence-electron chi connectivity index (χ2n) is 7.38. The van der Waals surface area contributed by atoms with Crippen molar-refractivity contribution in [1.29, 1.82) is 0 Å². The van der Waals surface area contributed by atoms with E-state index in [1.54, 1.807) is 24.3 Å². The highest BCUT2D eigenvalue weighted by atomic mass is 35.5. The molecule has 0 amide bonds. The Kier molecular flexibility index (Phi) is 6.09. The molecule has 4 rings (SSSR count). The van der Waals surface area contributed by atoms with E-state index in [1.807, 2.05) is 11.0 Å². The molecule has 0 unspecified atom stereocenters. The van der Waals surface area contributed by atoms with Gasteiger partial charge in [0.25, 0.3) is 0 Å². The molecule has 1 aliphatic heterocycles. The summed E-state index contributed by atoms with van der Waals surface area (Å²) in [6, 6.07) is 17.5. The van der Waals surface area contributed by atoms with Gasteiger partial charge in [-0.05, 0) is 42.9 Å². The van der Waals surface area contributed by atoms with Gasteiger partial charge >= 0.3 is 5.69 Å². The van der Waals surface area contributed by atoms with Gasteiger partial charge in [0.05, 0.1) is 15.6 Å². The fraction of sp³-hybridized carbons (Fsp3) is 0.273. The number of nitrogens with zero attached hydrogens (tertiary/aromatic N) is 4. The van der Waals surface area contributed by atoms with Crippen molar-refractivity contribution >= 4 is 34.6 Å². The van der Waals surface area contributed by atoms with Crippen molar-refractivity contribution in [3.05, 3.63) is 81.6 Å². The van der Waals surface area contributed by atoms with Crippen LogP contribution in [0.2, 0.25) is 5.02 Å². The predicted molar refractivity (Wildman–Crippen MR) is 119 cm³/mol. The van der Waals surface area contributed by atoms with Crippen LogP contribution in [0.15, 0.2) is 60.9 Å². The maximum Gasteiger partial charge on any atom is 0.353 e. The molecule has 30 heavy (non-hydrogen) atoms. The van der Waals surface area contributed by atoms with E-state index in [1.165, 1.54) is 11.9 Å². The van der Waals surface area contributed by atoms with Gasteiger partial charge < -0.3 is 10.2 Å². The molecule has 1 aliphatic rings. The number of para-hydroxylation sites is 1. The standard InChI is InChI=1S/C22H22ClN5O2/c23-18-8-4-5-9-19(18)26-21-20(28(29)30)22(25-15-24-21)27-12-10-17(11-13-27)14-16-6-2-1-3-7-16/h1-9,15,17H,10-14H2,(H,24,25,26). The van der Waals surface area contributed by atoms with Gasteiger partial charge in [-0.15, -0.1) is 0 Å². The molecule has 0 saturated carbocycles. The number of nitrogens with one attached hydrogen (secondary N) is 1. The van der Waals surface area contributed by atoms with Gasteiger partial charge in [0.1, 0.15) is 6.33 Å². The molecule has 7 nitrogen and oxygen atoms in total. The first-order valence-corrected chi connectivity index (χ1v) is 10.3. The third kappa shape index (κ3) is 4.52. The molecule has 3 aromatic rings. The van der Waals surface area contributed by atoms with Crippen molar-refractivity contribution < 1.29 is 4.92 Å². The smallest absolute Gasteiger partial charge is 0.351 e. The summed E-state index contributed by atoms with van der Waals surface area (Å²) in [4.78, 5) is 21.8. The molecule has 0 aliphatic carbocycles. The Labute approximate surface area is 179 Å². The topological polar surface area (TPSA) is 84.2 Å². The first-order chi connectivity index (χ1) is 14.6. The molecule has 1 aromatic heterocycles. The summed E-state index contributed by atoms with van der Waals surface area (Å²) in [6.07, 6.45) is 4.31. The van der Waals surface area contributed by atoms with Crippen LogP contribution >= 0.6 is 11.6 Å². The molecule has 1 N–H and O–H groups in total. The zero-order chi connectivity index (χ0) is 20.9. The number of hydrogen-bond donors (Lipinski definition) is 1. The fourth-order valence-electron chi connectivity index (χ4n) is 3.85. The summed E-state index contributed by atoms with van der Waals surface area (Å²) in [5.74, 6) is 1.05. The zero-order valence-corrected chi connectivity index (χ0v) is 17.1. The number of benzene rings is 2. The summed E-state index contributed by atoms with van der Waals surface area (Å²) in [6.45, 7) is 1.45. The van der Waals surface area contributed by atoms with Gasteiger partial charge in [0.15, 0.2) is 0 Å². The molecule has 1 saturated heterocycles. The summed E-state index contributed by atoms with van der Waals surface area (Å²) in [5.41, 5.74) is 1.77. The van der Waals surface area contributed by atoms with Gasteiger partial charge in [-0.2, -0.15) is 0 Å². The van der Waals surface area contributed by atoms with E-state index in [-0.39, 0.29) is 11.5 Å². The minimum absolute atomic E-state index is 0.126. The molecule has 8 heteroatoms. The predicted octanol–water partition coefficient (Wildman–Crippen LogP) is 5.24. The minimum atomic E-state index is -0.426. The molecule has 0 atom stereocenters. The summed E-state index contributed by atoms with van der Waals surface area (Å²) >= 11 is 6.19. The van der Waals surface area contributed by atoms with Crippen LogP contribution < -0.4 is 10.2 Å². The molecule has 154 valence electrons. The van der Waals surface area contributed by atoms with Crippen molar-refractivity contribution in [3.8, 4) is 0 Å². The van der Waals surface area contributed by atoms with Crippen molar-refractivity contribution in [2.45, 2.75) is 19.3 Å². The second kappa shape index (κ2) is 9.09. The highest BCUT2D eigenvalue weighted by Crippen LogP contribution is 2.36. The molecule has 2 heterocycles. The van der Waals surface area contributed by atoms with Crippen LogP contribution in [0.1, 0.15) is 18.4 Å². The highest BCUT2D eigenvalue weighted by molar-refractivity contribution is 6.33. The molecule has 1 fully saturated rings. The number of hydrogen-bond acceptors (Lipinski definition) is 6. The first-order valence-electron chi connectivity index (χ1n) is 9.91. The number of rotatable bonds is 6. The quantitative estimate of drug-likeness (QED) is 0.431. The SMILES string of the molecule is O=[N+]([O-])c1c(Nc2ccccc2Cl)ncnc1N1CCC(Cc2ccccc2)CC1. The van der Waals surface area contributed by atoms with Crippen LogP contribution in [-0.4, -0.2) is 28.0 Å². The molecule has 0 bridgehead atoms. The van der Waals surface area contributed by atoms with E-state index < -0.39 is 4.92 Å². The lowest BCUT2D eigenvalue weighted by Gasteiger charge is -2.32. The van der Waals surface area contributed by atoms with Crippen LogP contribution in [0.25, 0.3) is 0 Å². The number of anilines is 3. The summed E-state index contributed by atoms with van der Waals surface area (Å²) < 4.78 is 0. The minimum Gasteiger partial charge on any atom is -0.351 e. The molecular formula is C22H22ClN5O2. The van der Waals surface area contributed by atoms with E-state index in [9.17, 15) is 10.1 Å². The van der Waals surface area contributed by atoms with Gasteiger partial charge in [-0.3, -0.25) is 10.1 Å². The third-order valence-electron chi connectivity index (χ3n) is 5.39. The average Bonchev–Trinajstić information content (AvgIpc) is 2.76. The van der Waals surface area contributed by atoms with Gasteiger partial charge in [0, 0.05) is 13.1 Å². The molecule has 0 spiro atoms. The zero-order valence-electron chi connectivity index (χ0n) is 16.4. The van der Waals surface area contributed by atoms with Crippen molar-refractivity contribution in [1.82, 2.24) is 9.97 Å². The van der Waals surface area contributed by atoms with Crippen molar-refractivity contribution in [3.63, 3.8) is 0 Å². The normalized spacial score (nSPS) is 14.5. The lowest BCUT2D eigenvalue weighted by atomic mass is 9.90. The van der Waals surface area contributed by atoms with Gasteiger partial charge in [0.2, 0.25) is 11.6 Å². The number of aromatic nitrogens is 2. The largest absolute Gasteiger partial charge is 0.353 e. The van der Waals surface area contributed by atoms with Crippen LogP contribution in [-0.2, 0) is 6.42 Å². The van der Waals surface area contributed by atoms with Crippen molar-refractivity contribution in [2.24, 2.45) is 5.92 Å². The number of nitro groups is 1. The monoisotopic (exact) mass is 423 g/mol. The Morgan fingerprint density at radius 3 is 2.47 bits per heavy atom. The maximum absolute atomic E-state index is 11.9.